The first-order valence-corrected chi connectivity index (χ1v) is 8.76. The van der Waals surface area contributed by atoms with Crippen LogP contribution in [0.4, 0.5) is 13.2 Å². The van der Waals surface area contributed by atoms with Crippen LogP contribution in [-0.4, -0.2) is 21.2 Å². The van der Waals surface area contributed by atoms with Gasteiger partial charge in [0.25, 0.3) is 0 Å². The Morgan fingerprint density at radius 1 is 1.25 bits per heavy atom. The van der Waals surface area contributed by atoms with E-state index in [0.29, 0.717) is 28.9 Å². The molecule has 130 valence electrons. The molecule has 0 saturated heterocycles. The second kappa shape index (κ2) is 6.69. The third kappa shape index (κ3) is 3.40. The summed E-state index contributed by atoms with van der Waals surface area (Å²) in [6.07, 6.45) is -4.59. The largest absolute Gasteiger partial charge is 0.417 e. The van der Waals surface area contributed by atoms with Crippen molar-refractivity contribution in [2.24, 2.45) is 0 Å². The second-order valence-electron chi connectivity index (χ2n) is 5.75. The minimum atomic E-state index is -4.59. The molecule has 1 atom stereocenters. The maximum absolute atomic E-state index is 13.2. The van der Waals surface area contributed by atoms with Gasteiger partial charge >= 0.3 is 6.18 Å². The highest BCUT2D eigenvalue weighted by Crippen LogP contribution is 2.37. The van der Waals surface area contributed by atoms with E-state index in [4.69, 9.17) is 5.26 Å². The van der Waals surface area contributed by atoms with E-state index >= 15 is 0 Å². The normalized spacial score (nSPS) is 14.6. The van der Waals surface area contributed by atoms with Crippen molar-refractivity contribution in [1.29, 1.82) is 5.26 Å². The molecule has 3 nitrogen and oxygen atoms in total. The maximum atomic E-state index is 13.2. The van der Waals surface area contributed by atoms with E-state index < -0.39 is 22.9 Å². The van der Waals surface area contributed by atoms with Crippen molar-refractivity contribution >= 4 is 22.7 Å². The number of halogens is 3. The zero-order valence-corrected chi connectivity index (χ0v) is 14.6. The van der Waals surface area contributed by atoms with Crippen LogP contribution in [0.5, 0.6) is 0 Å². The predicted octanol–water partition coefficient (Wildman–Crippen LogP) is 4.51. The lowest BCUT2D eigenvalue weighted by Gasteiger charge is -2.25. The summed E-state index contributed by atoms with van der Waals surface area (Å²) in [5.41, 5.74) is -1.58. The van der Waals surface area contributed by atoms with E-state index in [-0.39, 0.29) is 0 Å². The Kier molecular flexibility index (Phi) is 5.21. The number of alkyl halides is 3. The Morgan fingerprint density at radius 2 is 1.92 bits per heavy atom. The molecule has 0 aliphatic carbocycles. The number of nitrogens with zero attached hydrogens (tertiary/aromatic N) is 2. The van der Waals surface area contributed by atoms with E-state index in [1.807, 2.05) is 13.8 Å². The molecule has 0 radical (unpaired) electrons. The number of aromatic nitrogens is 1. The first kappa shape index (κ1) is 18.7. The predicted molar refractivity (Wildman–Crippen MR) is 89.9 cm³/mol. The molecule has 2 rings (SSSR count). The van der Waals surface area contributed by atoms with Crippen molar-refractivity contribution in [1.82, 2.24) is 4.57 Å². The molecule has 0 fully saturated rings. The van der Waals surface area contributed by atoms with E-state index in [1.54, 1.807) is 35.4 Å². The van der Waals surface area contributed by atoms with Crippen LogP contribution in [0.1, 0.15) is 37.6 Å². The average molecular weight is 356 g/mol. The van der Waals surface area contributed by atoms with Gasteiger partial charge in [-0.05, 0) is 37.8 Å². The highest BCUT2D eigenvalue weighted by atomic mass is 32.2. The Morgan fingerprint density at radius 3 is 2.42 bits per heavy atom. The van der Waals surface area contributed by atoms with Crippen LogP contribution < -0.4 is 0 Å². The van der Waals surface area contributed by atoms with Crippen LogP contribution in [0.25, 0.3) is 10.9 Å². The summed E-state index contributed by atoms with van der Waals surface area (Å²) >= 11 is 1.56. The van der Waals surface area contributed by atoms with Crippen LogP contribution >= 0.6 is 11.8 Å². The first-order valence-electron chi connectivity index (χ1n) is 7.60. The molecule has 0 spiro atoms. The molecule has 0 unspecified atom stereocenters. The Labute approximate surface area is 143 Å². The van der Waals surface area contributed by atoms with Crippen molar-refractivity contribution in [3.05, 3.63) is 35.0 Å². The molecule has 1 aromatic heterocycles. The third-order valence-electron chi connectivity index (χ3n) is 3.92. The van der Waals surface area contributed by atoms with Gasteiger partial charge in [0.05, 0.1) is 22.9 Å². The first-order chi connectivity index (χ1) is 11.2. The number of aliphatic hydroxyl groups is 1. The fourth-order valence-electron chi connectivity index (χ4n) is 2.80. The van der Waals surface area contributed by atoms with Gasteiger partial charge in [0, 0.05) is 23.2 Å². The van der Waals surface area contributed by atoms with Crippen molar-refractivity contribution in [2.45, 2.75) is 39.1 Å². The summed E-state index contributed by atoms with van der Waals surface area (Å²) in [7, 11) is 0. The Balaban J connectivity index is 2.72. The zero-order chi connectivity index (χ0) is 18.1. The van der Waals surface area contributed by atoms with Gasteiger partial charge in [0.2, 0.25) is 0 Å². The number of nitriles is 1. The summed E-state index contributed by atoms with van der Waals surface area (Å²) in [6.45, 7) is 5.88. The molecule has 0 bridgehead atoms. The van der Waals surface area contributed by atoms with Crippen LogP contribution in [0.2, 0.25) is 0 Å². The monoisotopic (exact) mass is 356 g/mol. The molecular formula is C17H19F3N2OS. The maximum Gasteiger partial charge on any atom is 0.417 e. The van der Waals surface area contributed by atoms with E-state index in [0.717, 1.165) is 11.8 Å². The second-order valence-corrected chi connectivity index (χ2v) is 7.03. The fraction of sp³-hybridized carbons (Fsp3) is 0.471. The van der Waals surface area contributed by atoms with E-state index in [1.165, 1.54) is 6.07 Å². The number of hydrogen-bond donors (Lipinski definition) is 1. The smallest absolute Gasteiger partial charge is 0.383 e. The number of thioether (sulfide) groups is 1. The molecule has 0 aliphatic heterocycles. The molecule has 24 heavy (non-hydrogen) atoms. The van der Waals surface area contributed by atoms with Crippen molar-refractivity contribution in [3.63, 3.8) is 0 Å². The van der Waals surface area contributed by atoms with E-state index in [2.05, 4.69) is 0 Å². The minimum absolute atomic E-state index is 0.376. The summed E-state index contributed by atoms with van der Waals surface area (Å²) in [6, 6.07) is 5.55. The van der Waals surface area contributed by atoms with Gasteiger partial charge in [0.15, 0.2) is 0 Å². The standard InChI is InChI=1S/C17H19F3N2OS/c1-4-22-14-8-13(17(18,19)20)12(9-21)6-11(14)7-15(22)16(3,23)10-24-5-2/h6-8,23H,4-5,10H2,1-3H3/t16-/m0/s1. The van der Waals surface area contributed by atoms with Crippen LogP contribution in [0.3, 0.4) is 0 Å². The van der Waals surface area contributed by atoms with Crippen molar-refractivity contribution in [3.8, 4) is 6.07 Å². The molecule has 1 aromatic carbocycles. The number of hydrogen-bond acceptors (Lipinski definition) is 3. The van der Waals surface area contributed by atoms with Gasteiger partial charge < -0.3 is 9.67 Å². The third-order valence-corrected chi connectivity index (χ3v) is 5.10. The molecular weight excluding hydrogens is 337 g/mol. The molecule has 1 heterocycles. The van der Waals surface area contributed by atoms with Gasteiger partial charge in [0.1, 0.15) is 5.60 Å². The Hall–Kier alpha value is -1.65. The quantitative estimate of drug-likeness (QED) is 0.857. The SMILES string of the molecule is CCSC[C@](C)(O)c1cc2cc(C#N)c(C(F)(F)F)cc2n1CC. The van der Waals surface area contributed by atoms with Gasteiger partial charge in [-0.15, -0.1) is 0 Å². The fourth-order valence-corrected chi connectivity index (χ4v) is 3.55. The summed E-state index contributed by atoms with van der Waals surface area (Å²) in [5, 5.41) is 20.3. The number of rotatable bonds is 5. The van der Waals surface area contributed by atoms with E-state index in [9.17, 15) is 18.3 Å². The lowest BCUT2D eigenvalue weighted by atomic mass is 10.0. The lowest BCUT2D eigenvalue weighted by Crippen LogP contribution is -2.27. The van der Waals surface area contributed by atoms with Crippen molar-refractivity contribution < 1.29 is 18.3 Å². The topological polar surface area (TPSA) is 48.9 Å². The summed E-state index contributed by atoms with van der Waals surface area (Å²) in [4.78, 5) is 0. The number of fused-ring (bicyclic) bond motifs is 1. The highest BCUT2D eigenvalue weighted by Gasteiger charge is 2.35. The number of benzene rings is 1. The van der Waals surface area contributed by atoms with Crippen molar-refractivity contribution in [2.75, 3.05) is 11.5 Å². The molecule has 0 aliphatic rings. The molecule has 7 heteroatoms. The Bertz CT molecular complexity index is 788. The minimum Gasteiger partial charge on any atom is -0.383 e. The highest BCUT2D eigenvalue weighted by molar-refractivity contribution is 7.99. The molecule has 0 amide bonds. The zero-order valence-electron chi connectivity index (χ0n) is 13.7. The van der Waals surface area contributed by atoms with Gasteiger partial charge in [-0.25, -0.2) is 0 Å². The van der Waals surface area contributed by atoms with Crippen LogP contribution in [0.15, 0.2) is 18.2 Å². The average Bonchev–Trinajstić information content (AvgIpc) is 2.89. The van der Waals surface area contributed by atoms with Gasteiger partial charge in [-0.3, -0.25) is 0 Å². The number of aryl methyl sites for hydroxylation is 1. The van der Waals surface area contributed by atoms with Gasteiger partial charge in [-0.2, -0.15) is 30.2 Å². The van der Waals surface area contributed by atoms with Crippen LogP contribution in [-0.2, 0) is 18.3 Å². The summed E-state index contributed by atoms with van der Waals surface area (Å²) in [5.74, 6) is 1.27. The lowest BCUT2D eigenvalue weighted by molar-refractivity contribution is -0.137. The van der Waals surface area contributed by atoms with Gasteiger partial charge in [-0.1, -0.05) is 6.92 Å². The summed E-state index contributed by atoms with van der Waals surface area (Å²) < 4.78 is 41.3. The molecule has 0 saturated carbocycles. The molecule has 1 N–H and O–H groups in total. The molecule has 2 aromatic rings. The van der Waals surface area contributed by atoms with Crippen LogP contribution in [0, 0.1) is 11.3 Å².